The molecule has 0 saturated heterocycles. The number of carbonyl (C=O) groups is 1. The summed E-state index contributed by atoms with van der Waals surface area (Å²) in [6.07, 6.45) is 3.05. The van der Waals surface area contributed by atoms with Crippen LogP contribution in [0, 0.1) is 0 Å². The van der Waals surface area contributed by atoms with E-state index in [0.29, 0.717) is 17.2 Å². The molecule has 0 radical (unpaired) electrons. The fourth-order valence-electron chi connectivity index (χ4n) is 2.03. The number of benzene rings is 1. The first-order valence-corrected chi connectivity index (χ1v) is 5.34. The Morgan fingerprint density at radius 1 is 1.53 bits per heavy atom. The highest BCUT2D eigenvalue weighted by atomic mass is 35.5. The lowest BCUT2D eigenvalue weighted by Crippen LogP contribution is -2.16. The molecule has 0 amide bonds. The van der Waals surface area contributed by atoms with Gasteiger partial charge in [0.15, 0.2) is 0 Å². The number of aldehydes is 1. The summed E-state index contributed by atoms with van der Waals surface area (Å²) in [6, 6.07) is 5.50. The molecule has 0 atom stereocenters. The smallest absolute Gasteiger partial charge is 0.150 e. The van der Waals surface area contributed by atoms with E-state index in [1.807, 2.05) is 12.1 Å². The minimum Gasteiger partial charge on any atom is -0.384 e. The Bertz CT molecular complexity index is 383. The van der Waals surface area contributed by atoms with Gasteiger partial charge in [-0.2, -0.15) is 0 Å². The molecule has 15 heavy (non-hydrogen) atoms. The summed E-state index contributed by atoms with van der Waals surface area (Å²) in [5.74, 6) is 0. The predicted molar refractivity (Wildman–Crippen MR) is 59.6 cm³/mol. The Morgan fingerprint density at radius 3 is 2.80 bits per heavy atom. The van der Waals surface area contributed by atoms with Gasteiger partial charge in [-0.25, -0.2) is 0 Å². The molecule has 2 rings (SSSR count). The minimum absolute atomic E-state index is 0.0651. The molecule has 0 heterocycles. The van der Waals surface area contributed by atoms with Crippen molar-refractivity contribution in [3.05, 3.63) is 34.3 Å². The van der Waals surface area contributed by atoms with Gasteiger partial charge in [0.25, 0.3) is 0 Å². The fourth-order valence-corrected chi connectivity index (χ4v) is 2.21. The van der Waals surface area contributed by atoms with Crippen molar-refractivity contribution in [2.24, 2.45) is 0 Å². The van der Waals surface area contributed by atoms with Crippen molar-refractivity contribution in [2.75, 3.05) is 13.7 Å². The molecule has 0 aromatic heterocycles. The summed E-state index contributed by atoms with van der Waals surface area (Å²) in [6.45, 7) is 0.676. The molecule has 1 fully saturated rings. The Hall–Kier alpha value is -0.860. The quantitative estimate of drug-likeness (QED) is 0.736. The highest BCUT2D eigenvalue weighted by molar-refractivity contribution is 6.30. The van der Waals surface area contributed by atoms with E-state index in [0.717, 1.165) is 24.7 Å². The van der Waals surface area contributed by atoms with Crippen LogP contribution in [0.1, 0.15) is 28.8 Å². The summed E-state index contributed by atoms with van der Waals surface area (Å²) < 4.78 is 5.20. The molecule has 0 bridgehead atoms. The van der Waals surface area contributed by atoms with Crippen molar-refractivity contribution < 1.29 is 9.53 Å². The van der Waals surface area contributed by atoms with Gasteiger partial charge in [0.2, 0.25) is 0 Å². The zero-order chi connectivity index (χ0) is 10.9. The van der Waals surface area contributed by atoms with Gasteiger partial charge in [0.1, 0.15) is 6.29 Å². The first-order valence-electron chi connectivity index (χ1n) is 4.96. The Labute approximate surface area is 94.2 Å². The second kappa shape index (κ2) is 3.95. The van der Waals surface area contributed by atoms with E-state index >= 15 is 0 Å². The number of hydrogen-bond acceptors (Lipinski definition) is 2. The summed E-state index contributed by atoms with van der Waals surface area (Å²) in [7, 11) is 1.69. The van der Waals surface area contributed by atoms with Crippen LogP contribution in [-0.4, -0.2) is 20.0 Å². The molecule has 0 N–H and O–H groups in total. The van der Waals surface area contributed by atoms with Crippen molar-refractivity contribution in [2.45, 2.75) is 18.3 Å². The van der Waals surface area contributed by atoms with Crippen molar-refractivity contribution in [3.8, 4) is 0 Å². The van der Waals surface area contributed by atoms with Crippen molar-refractivity contribution in [3.63, 3.8) is 0 Å². The fraction of sp³-hybridized carbons (Fsp3) is 0.417. The van der Waals surface area contributed by atoms with Gasteiger partial charge in [-0.05, 0) is 30.5 Å². The summed E-state index contributed by atoms with van der Waals surface area (Å²) in [5, 5.41) is 0.606. The monoisotopic (exact) mass is 224 g/mol. The van der Waals surface area contributed by atoms with E-state index in [4.69, 9.17) is 16.3 Å². The highest BCUT2D eigenvalue weighted by Gasteiger charge is 2.45. The van der Waals surface area contributed by atoms with Crippen molar-refractivity contribution in [1.82, 2.24) is 0 Å². The maximum absolute atomic E-state index is 11.0. The number of carbonyl (C=O) groups excluding carboxylic acids is 1. The lowest BCUT2D eigenvalue weighted by molar-refractivity contribution is 0.112. The Balaban J connectivity index is 2.39. The Morgan fingerprint density at radius 2 is 2.27 bits per heavy atom. The van der Waals surface area contributed by atoms with Crippen LogP contribution in [0.4, 0.5) is 0 Å². The van der Waals surface area contributed by atoms with Crippen LogP contribution in [0.25, 0.3) is 0 Å². The third kappa shape index (κ3) is 1.92. The van der Waals surface area contributed by atoms with E-state index in [-0.39, 0.29) is 5.41 Å². The number of methoxy groups -OCH3 is 1. The zero-order valence-electron chi connectivity index (χ0n) is 8.63. The second-order valence-corrected chi connectivity index (χ2v) is 4.50. The van der Waals surface area contributed by atoms with E-state index in [1.54, 1.807) is 13.2 Å². The maximum atomic E-state index is 11.0. The van der Waals surface area contributed by atoms with Crippen LogP contribution in [0.5, 0.6) is 0 Å². The minimum atomic E-state index is 0.0651. The van der Waals surface area contributed by atoms with Crippen LogP contribution < -0.4 is 0 Å². The van der Waals surface area contributed by atoms with Crippen LogP contribution in [0.3, 0.4) is 0 Å². The molecular weight excluding hydrogens is 212 g/mol. The van der Waals surface area contributed by atoms with Gasteiger partial charge >= 0.3 is 0 Å². The molecule has 1 aliphatic carbocycles. The second-order valence-electron chi connectivity index (χ2n) is 4.06. The third-order valence-corrected chi connectivity index (χ3v) is 3.22. The lowest BCUT2D eigenvalue weighted by atomic mass is 9.92. The SMILES string of the molecule is COCC1(c2ccc(Cl)cc2C=O)CC1. The maximum Gasteiger partial charge on any atom is 0.150 e. The topological polar surface area (TPSA) is 26.3 Å². The first kappa shape index (κ1) is 10.7. The zero-order valence-corrected chi connectivity index (χ0v) is 9.38. The summed E-state index contributed by atoms with van der Waals surface area (Å²) >= 11 is 5.85. The molecule has 1 saturated carbocycles. The average molecular weight is 225 g/mol. The standard InChI is InChI=1S/C12H13ClO2/c1-15-8-12(4-5-12)11-3-2-10(13)6-9(11)7-14/h2-3,6-7H,4-5,8H2,1H3. The molecule has 3 heteroatoms. The number of rotatable bonds is 4. The first-order chi connectivity index (χ1) is 7.22. The average Bonchev–Trinajstić information content (AvgIpc) is 2.99. The molecule has 1 aromatic carbocycles. The van der Waals surface area contributed by atoms with Crippen LogP contribution >= 0.6 is 11.6 Å². The van der Waals surface area contributed by atoms with Crippen molar-refractivity contribution >= 4 is 17.9 Å². The highest BCUT2D eigenvalue weighted by Crippen LogP contribution is 2.49. The van der Waals surface area contributed by atoms with E-state index in [1.165, 1.54) is 0 Å². The number of halogens is 1. The van der Waals surface area contributed by atoms with Crippen molar-refractivity contribution in [1.29, 1.82) is 0 Å². The van der Waals surface area contributed by atoms with Gasteiger partial charge in [-0.1, -0.05) is 17.7 Å². The molecule has 0 spiro atoms. The normalized spacial score (nSPS) is 17.5. The lowest BCUT2D eigenvalue weighted by Gasteiger charge is -2.16. The molecular formula is C12H13ClO2. The van der Waals surface area contributed by atoms with Crippen LogP contribution in [0.15, 0.2) is 18.2 Å². The number of ether oxygens (including phenoxy) is 1. The van der Waals surface area contributed by atoms with Gasteiger partial charge in [-0.15, -0.1) is 0 Å². The van der Waals surface area contributed by atoms with Gasteiger partial charge < -0.3 is 4.74 Å². The summed E-state index contributed by atoms with van der Waals surface area (Å²) in [5.41, 5.74) is 1.83. The molecule has 1 aromatic rings. The van der Waals surface area contributed by atoms with E-state index in [2.05, 4.69) is 0 Å². The third-order valence-electron chi connectivity index (χ3n) is 2.99. The predicted octanol–water partition coefficient (Wildman–Crippen LogP) is 2.83. The molecule has 80 valence electrons. The molecule has 2 nitrogen and oxygen atoms in total. The molecule has 1 aliphatic rings. The van der Waals surface area contributed by atoms with Crippen LogP contribution in [0.2, 0.25) is 5.02 Å². The van der Waals surface area contributed by atoms with Gasteiger partial charge in [-0.3, -0.25) is 4.79 Å². The van der Waals surface area contributed by atoms with E-state index in [9.17, 15) is 4.79 Å². The van der Waals surface area contributed by atoms with Gasteiger partial charge in [0.05, 0.1) is 6.61 Å². The van der Waals surface area contributed by atoms with Crippen LogP contribution in [-0.2, 0) is 10.2 Å². The Kier molecular flexibility index (Phi) is 2.81. The molecule has 0 aliphatic heterocycles. The van der Waals surface area contributed by atoms with E-state index < -0.39 is 0 Å². The van der Waals surface area contributed by atoms with Gasteiger partial charge in [0, 0.05) is 23.1 Å². The largest absolute Gasteiger partial charge is 0.384 e. The summed E-state index contributed by atoms with van der Waals surface area (Å²) in [4.78, 5) is 11.0. The molecule has 0 unspecified atom stereocenters. The number of hydrogen-bond donors (Lipinski definition) is 0.